The molecule has 0 saturated heterocycles. The number of benzene rings is 2. The lowest BCUT2D eigenvalue weighted by Crippen LogP contribution is -2.13. The topological polar surface area (TPSA) is 163 Å². The van der Waals surface area contributed by atoms with Crippen molar-refractivity contribution >= 4 is 43.1 Å². The van der Waals surface area contributed by atoms with Gasteiger partial charge in [-0.05, 0) is 66.7 Å². The summed E-state index contributed by atoms with van der Waals surface area (Å²) in [7, 11) is -7.84. The van der Waals surface area contributed by atoms with E-state index in [0.717, 1.165) is 6.07 Å². The van der Waals surface area contributed by atoms with Gasteiger partial charge >= 0.3 is 0 Å². The predicted molar refractivity (Wildman–Crippen MR) is 129 cm³/mol. The molecule has 0 aliphatic rings. The first-order chi connectivity index (χ1) is 16.7. The van der Waals surface area contributed by atoms with E-state index in [2.05, 4.69) is 29.6 Å². The van der Waals surface area contributed by atoms with Gasteiger partial charge in [0, 0.05) is 12.4 Å². The SMILES string of the molecule is O=S(=O)(Nc1ccccn1)c1ccc(N=Nc2cc(S(=O)(=O)Nc3ccccn3)ccc2O)cc1. The lowest BCUT2D eigenvalue weighted by molar-refractivity contribution is 0.476. The first-order valence-corrected chi connectivity index (χ1v) is 12.9. The van der Waals surface area contributed by atoms with Crippen LogP contribution in [0.15, 0.2) is 111 Å². The number of aromatic hydroxyl groups is 1. The second kappa shape index (κ2) is 9.87. The van der Waals surface area contributed by atoms with E-state index < -0.39 is 20.0 Å². The number of anilines is 2. The smallest absolute Gasteiger partial charge is 0.263 e. The van der Waals surface area contributed by atoms with Crippen LogP contribution in [0.25, 0.3) is 0 Å². The molecule has 0 atom stereocenters. The fourth-order valence-electron chi connectivity index (χ4n) is 2.79. The Bertz CT molecular complexity index is 1560. The highest BCUT2D eigenvalue weighted by Crippen LogP contribution is 2.31. The molecule has 4 rings (SSSR count). The third-order valence-corrected chi connectivity index (χ3v) is 7.21. The predicted octanol–water partition coefficient (Wildman–Crippen LogP) is 4.20. The van der Waals surface area contributed by atoms with Crippen molar-refractivity contribution in [3.05, 3.63) is 91.3 Å². The Kier molecular flexibility index (Phi) is 6.71. The molecule has 13 heteroatoms. The Morgan fingerprint density at radius 3 is 1.74 bits per heavy atom. The number of aromatic nitrogens is 2. The van der Waals surface area contributed by atoms with E-state index in [0.29, 0.717) is 0 Å². The maximum Gasteiger partial charge on any atom is 0.263 e. The van der Waals surface area contributed by atoms with Crippen LogP contribution >= 0.6 is 0 Å². The highest BCUT2D eigenvalue weighted by atomic mass is 32.2. The Morgan fingerprint density at radius 1 is 0.657 bits per heavy atom. The number of sulfonamides is 2. The van der Waals surface area contributed by atoms with Crippen molar-refractivity contribution in [3.8, 4) is 5.75 Å². The molecular formula is C22H18N6O5S2. The van der Waals surface area contributed by atoms with Gasteiger partial charge in [0.1, 0.15) is 23.1 Å². The van der Waals surface area contributed by atoms with Gasteiger partial charge in [-0.25, -0.2) is 26.8 Å². The average Bonchev–Trinajstić information content (AvgIpc) is 2.84. The summed E-state index contributed by atoms with van der Waals surface area (Å²) in [5, 5.41) is 18.0. The Morgan fingerprint density at radius 2 is 1.20 bits per heavy atom. The van der Waals surface area contributed by atoms with Crippen LogP contribution in [0.1, 0.15) is 0 Å². The van der Waals surface area contributed by atoms with Gasteiger partial charge in [0.15, 0.2) is 0 Å². The van der Waals surface area contributed by atoms with E-state index in [1.807, 2.05) is 0 Å². The van der Waals surface area contributed by atoms with Gasteiger partial charge in [-0.2, -0.15) is 5.11 Å². The summed E-state index contributed by atoms with van der Waals surface area (Å²) in [5.41, 5.74) is 0.184. The zero-order valence-corrected chi connectivity index (χ0v) is 19.5. The number of hydrogen-bond donors (Lipinski definition) is 3. The Labute approximate surface area is 201 Å². The van der Waals surface area contributed by atoms with E-state index in [4.69, 9.17) is 0 Å². The average molecular weight is 511 g/mol. The summed E-state index contributed by atoms with van der Waals surface area (Å²) in [6.07, 6.45) is 2.91. The molecule has 2 aromatic heterocycles. The van der Waals surface area contributed by atoms with Crippen molar-refractivity contribution in [1.29, 1.82) is 0 Å². The van der Waals surface area contributed by atoms with E-state index >= 15 is 0 Å². The highest BCUT2D eigenvalue weighted by molar-refractivity contribution is 7.93. The summed E-state index contributed by atoms with van der Waals surface area (Å²) < 4.78 is 54.9. The number of rotatable bonds is 8. The molecule has 11 nitrogen and oxygen atoms in total. The number of hydrogen-bond acceptors (Lipinski definition) is 9. The monoisotopic (exact) mass is 510 g/mol. The van der Waals surface area contributed by atoms with Crippen molar-refractivity contribution < 1.29 is 21.9 Å². The maximum atomic E-state index is 12.6. The van der Waals surface area contributed by atoms with E-state index in [1.165, 1.54) is 60.9 Å². The molecule has 0 amide bonds. The van der Waals surface area contributed by atoms with Crippen LogP contribution in [0.2, 0.25) is 0 Å². The second-order valence-electron chi connectivity index (χ2n) is 6.99. The first-order valence-electron chi connectivity index (χ1n) is 9.95. The summed E-state index contributed by atoms with van der Waals surface area (Å²) in [5.74, 6) is 0.0275. The normalized spacial score (nSPS) is 11.9. The minimum absolute atomic E-state index is 0.0152. The second-order valence-corrected chi connectivity index (χ2v) is 10.4. The van der Waals surface area contributed by atoms with Crippen molar-refractivity contribution in [3.63, 3.8) is 0 Å². The van der Waals surface area contributed by atoms with Crippen molar-refractivity contribution in [2.24, 2.45) is 10.2 Å². The lowest BCUT2D eigenvalue weighted by Gasteiger charge is -2.08. The summed E-state index contributed by atoms with van der Waals surface area (Å²) in [6, 6.07) is 18.6. The lowest BCUT2D eigenvalue weighted by atomic mass is 10.3. The quantitative estimate of drug-likeness (QED) is 0.299. The molecule has 0 saturated carbocycles. The molecule has 4 aromatic rings. The largest absolute Gasteiger partial charge is 0.506 e. The fourth-order valence-corrected chi connectivity index (χ4v) is 4.83. The van der Waals surface area contributed by atoms with Crippen molar-refractivity contribution in [2.45, 2.75) is 9.79 Å². The molecule has 3 N–H and O–H groups in total. The van der Waals surface area contributed by atoms with E-state index in [9.17, 15) is 21.9 Å². The van der Waals surface area contributed by atoms with Crippen LogP contribution in [0.3, 0.4) is 0 Å². The van der Waals surface area contributed by atoms with Crippen LogP contribution < -0.4 is 9.44 Å². The van der Waals surface area contributed by atoms with Crippen LogP contribution in [-0.4, -0.2) is 31.9 Å². The molecule has 2 aromatic carbocycles. The van der Waals surface area contributed by atoms with Gasteiger partial charge in [0.05, 0.1) is 15.5 Å². The van der Waals surface area contributed by atoms with E-state index in [1.54, 1.807) is 24.3 Å². The number of phenols is 1. The maximum absolute atomic E-state index is 12.6. The highest BCUT2D eigenvalue weighted by Gasteiger charge is 2.17. The number of pyridine rings is 2. The molecule has 0 unspecified atom stereocenters. The third kappa shape index (κ3) is 5.96. The molecule has 0 spiro atoms. The van der Waals surface area contributed by atoms with Crippen LogP contribution in [0, 0.1) is 0 Å². The van der Waals surface area contributed by atoms with Gasteiger partial charge in [0.2, 0.25) is 0 Å². The number of nitrogens with zero attached hydrogens (tertiary/aromatic N) is 4. The van der Waals surface area contributed by atoms with E-state index in [-0.39, 0.29) is 38.6 Å². The minimum atomic E-state index is -3.99. The molecule has 0 fully saturated rings. The molecular weight excluding hydrogens is 492 g/mol. The van der Waals surface area contributed by atoms with Crippen LogP contribution in [0.4, 0.5) is 23.0 Å². The number of nitrogens with one attached hydrogen (secondary N) is 2. The zero-order valence-electron chi connectivity index (χ0n) is 17.8. The summed E-state index contributed by atoms with van der Waals surface area (Å²) in [4.78, 5) is 7.68. The fraction of sp³-hybridized carbons (Fsp3) is 0. The Balaban J connectivity index is 1.52. The van der Waals surface area contributed by atoms with Crippen LogP contribution in [0.5, 0.6) is 5.75 Å². The van der Waals surface area contributed by atoms with Gasteiger partial charge in [0.25, 0.3) is 20.0 Å². The first kappa shape index (κ1) is 23.8. The Hall–Kier alpha value is -4.36. The van der Waals surface area contributed by atoms with Gasteiger partial charge in [-0.1, -0.05) is 12.1 Å². The molecule has 0 radical (unpaired) electrons. The summed E-state index contributed by atoms with van der Waals surface area (Å²) >= 11 is 0. The van der Waals surface area contributed by atoms with Gasteiger partial charge < -0.3 is 5.11 Å². The standard InChI is InChI=1S/C22H18N6O5S2/c29-20-12-11-18(35(32,33)28-22-6-2-4-14-24-22)15-19(20)26-25-16-7-9-17(10-8-16)34(30,31)27-21-5-1-3-13-23-21/h1-15,29H,(H,23,27)(H,24,28). The number of azo groups is 1. The number of phenolic OH excluding ortho intramolecular Hbond substituents is 1. The summed E-state index contributed by atoms with van der Waals surface area (Å²) in [6.45, 7) is 0. The molecule has 0 bridgehead atoms. The zero-order chi connectivity index (χ0) is 24.9. The van der Waals surface area contributed by atoms with Crippen molar-refractivity contribution in [1.82, 2.24) is 9.97 Å². The minimum Gasteiger partial charge on any atom is -0.506 e. The molecule has 0 aliphatic heterocycles. The van der Waals surface area contributed by atoms with Crippen LogP contribution in [-0.2, 0) is 20.0 Å². The van der Waals surface area contributed by atoms with Gasteiger partial charge in [-0.15, -0.1) is 5.11 Å². The molecule has 0 aliphatic carbocycles. The molecule has 2 heterocycles. The van der Waals surface area contributed by atoms with Gasteiger partial charge in [-0.3, -0.25) is 9.44 Å². The molecule has 178 valence electrons. The molecule has 35 heavy (non-hydrogen) atoms. The van der Waals surface area contributed by atoms with Crippen molar-refractivity contribution in [2.75, 3.05) is 9.44 Å². The third-order valence-electron chi connectivity index (χ3n) is 4.49.